The Morgan fingerprint density at radius 2 is 1.52 bits per heavy atom. The van der Waals surface area contributed by atoms with E-state index in [1.165, 1.54) is 0 Å². The largest absolute Gasteiger partial charge is 0.368 e. The van der Waals surface area contributed by atoms with Gasteiger partial charge in [-0.15, -0.1) is 0 Å². The van der Waals surface area contributed by atoms with E-state index in [0.29, 0.717) is 37.3 Å². The number of piperazine rings is 1. The number of ketones is 1. The Balaban J connectivity index is 1.62. The fourth-order valence-electron chi connectivity index (χ4n) is 3.85. The van der Waals surface area contributed by atoms with E-state index in [4.69, 9.17) is 0 Å². The van der Waals surface area contributed by atoms with Crippen molar-refractivity contribution < 1.29 is 14.4 Å². The number of hydrogen-bond donors (Lipinski definition) is 1. The van der Waals surface area contributed by atoms with Gasteiger partial charge in [0.05, 0.1) is 0 Å². The molecule has 0 saturated carbocycles. The van der Waals surface area contributed by atoms with Gasteiger partial charge < -0.3 is 15.1 Å². The van der Waals surface area contributed by atoms with Crippen molar-refractivity contribution in [2.45, 2.75) is 33.7 Å². The molecule has 1 aliphatic heterocycles. The zero-order chi connectivity index (χ0) is 22.5. The van der Waals surface area contributed by atoms with E-state index in [2.05, 4.69) is 10.2 Å². The van der Waals surface area contributed by atoms with E-state index < -0.39 is 6.04 Å². The molecule has 31 heavy (non-hydrogen) atoms. The van der Waals surface area contributed by atoms with E-state index in [1.807, 2.05) is 68.1 Å². The van der Waals surface area contributed by atoms with Crippen molar-refractivity contribution in [1.82, 2.24) is 10.2 Å². The lowest BCUT2D eigenvalue weighted by atomic mass is 10.0. The number of anilines is 1. The number of carbonyl (C=O) groups is 3. The van der Waals surface area contributed by atoms with Crippen LogP contribution in [0.1, 0.15) is 47.1 Å². The molecule has 2 aromatic rings. The Morgan fingerprint density at radius 3 is 2.06 bits per heavy atom. The van der Waals surface area contributed by atoms with Crippen LogP contribution in [0.2, 0.25) is 0 Å². The van der Waals surface area contributed by atoms with Crippen molar-refractivity contribution in [2.24, 2.45) is 5.92 Å². The van der Waals surface area contributed by atoms with Crippen LogP contribution in [-0.4, -0.2) is 54.7 Å². The van der Waals surface area contributed by atoms with Crippen LogP contribution in [0.15, 0.2) is 48.5 Å². The first-order valence-corrected chi connectivity index (χ1v) is 10.8. The molecule has 1 atom stereocenters. The monoisotopic (exact) mass is 421 g/mol. The highest BCUT2D eigenvalue weighted by Gasteiger charge is 2.31. The lowest BCUT2D eigenvalue weighted by Crippen LogP contribution is -2.56. The molecule has 1 saturated heterocycles. The highest BCUT2D eigenvalue weighted by Crippen LogP contribution is 2.19. The highest BCUT2D eigenvalue weighted by atomic mass is 16.2. The fraction of sp³-hybridized carbons (Fsp3) is 0.400. The summed E-state index contributed by atoms with van der Waals surface area (Å²) >= 11 is 0. The van der Waals surface area contributed by atoms with Crippen molar-refractivity contribution in [3.05, 3.63) is 65.2 Å². The molecule has 0 unspecified atom stereocenters. The molecule has 1 N–H and O–H groups in total. The first-order valence-electron chi connectivity index (χ1n) is 10.8. The van der Waals surface area contributed by atoms with E-state index >= 15 is 0 Å². The third-order valence-electron chi connectivity index (χ3n) is 5.84. The number of carbonyl (C=O) groups excluding carboxylic acids is 3. The summed E-state index contributed by atoms with van der Waals surface area (Å²) in [6.07, 6.45) is 0. The minimum Gasteiger partial charge on any atom is -0.368 e. The average molecular weight is 422 g/mol. The molecule has 1 aliphatic rings. The fourth-order valence-corrected chi connectivity index (χ4v) is 3.85. The van der Waals surface area contributed by atoms with Gasteiger partial charge in [-0.25, -0.2) is 0 Å². The standard InChI is InChI=1S/C25H31N3O3/c1-17(2)23(26-24(30)22-8-6-5-7-18(22)3)25(31)28-15-13-27(14-16-28)21-11-9-20(10-12-21)19(4)29/h5-12,17,23H,13-16H2,1-4H3,(H,26,30)/t23-/m0/s1. The number of rotatable bonds is 6. The average Bonchev–Trinajstić information content (AvgIpc) is 2.77. The van der Waals surface area contributed by atoms with Crippen LogP contribution in [0.4, 0.5) is 5.69 Å². The predicted octanol–water partition coefficient (Wildman–Crippen LogP) is 3.30. The van der Waals surface area contributed by atoms with Crippen molar-refractivity contribution in [3.63, 3.8) is 0 Å². The van der Waals surface area contributed by atoms with Gasteiger partial charge in [0, 0.05) is 43.0 Å². The second-order valence-electron chi connectivity index (χ2n) is 8.43. The first kappa shape index (κ1) is 22.5. The topological polar surface area (TPSA) is 69.7 Å². The number of benzene rings is 2. The van der Waals surface area contributed by atoms with Crippen LogP contribution >= 0.6 is 0 Å². The van der Waals surface area contributed by atoms with Gasteiger partial charge in [0.15, 0.2) is 5.78 Å². The summed E-state index contributed by atoms with van der Waals surface area (Å²) in [6.45, 7) is 9.96. The Kier molecular flexibility index (Phi) is 7.10. The highest BCUT2D eigenvalue weighted by molar-refractivity contribution is 5.98. The summed E-state index contributed by atoms with van der Waals surface area (Å²) in [5.41, 5.74) is 3.23. The minimum absolute atomic E-state index is 0.0161. The van der Waals surface area contributed by atoms with Crippen molar-refractivity contribution in [2.75, 3.05) is 31.1 Å². The molecule has 2 aromatic carbocycles. The zero-order valence-corrected chi connectivity index (χ0v) is 18.7. The lowest BCUT2D eigenvalue weighted by molar-refractivity contribution is -0.134. The van der Waals surface area contributed by atoms with E-state index in [-0.39, 0.29) is 23.5 Å². The molecule has 2 amide bonds. The maximum absolute atomic E-state index is 13.2. The molecule has 0 aromatic heterocycles. The summed E-state index contributed by atoms with van der Waals surface area (Å²) in [6, 6.07) is 14.4. The van der Waals surface area contributed by atoms with Crippen LogP contribution in [0, 0.1) is 12.8 Å². The van der Waals surface area contributed by atoms with E-state index in [9.17, 15) is 14.4 Å². The third-order valence-corrected chi connectivity index (χ3v) is 5.84. The number of hydrogen-bond acceptors (Lipinski definition) is 4. The van der Waals surface area contributed by atoms with Gasteiger partial charge >= 0.3 is 0 Å². The Hall–Kier alpha value is -3.15. The Bertz CT molecular complexity index is 945. The SMILES string of the molecule is CC(=O)c1ccc(N2CCN(C(=O)[C@@H](NC(=O)c3ccccc3C)C(C)C)CC2)cc1. The van der Waals surface area contributed by atoms with Crippen molar-refractivity contribution >= 4 is 23.3 Å². The van der Waals surface area contributed by atoms with Crippen LogP contribution < -0.4 is 10.2 Å². The van der Waals surface area contributed by atoms with Gasteiger partial charge in [0.25, 0.3) is 5.91 Å². The molecule has 6 nitrogen and oxygen atoms in total. The number of nitrogens with zero attached hydrogens (tertiary/aromatic N) is 2. The first-order chi connectivity index (χ1) is 14.8. The molecular formula is C25H31N3O3. The van der Waals surface area contributed by atoms with Gasteiger partial charge in [-0.05, 0) is 55.7 Å². The van der Waals surface area contributed by atoms with Gasteiger partial charge in [0.1, 0.15) is 6.04 Å². The van der Waals surface area contributed by atoms with Crippen LogP contribution in [-0.2, 0) is 4.79 Å². The van der Waals surface area contributed by atoms with E-state index in [0.717, 1.165) is 11.3 Å². The van der Waals surface area contributed by atoms with Crippen molar-refractivity contribution in [1.29, 1.82) is 0 Å². The summed E-state index contributed by atoms with van der Waals surface area (Å²) in [5, 5.41) is 2.95. The second kappa shape index (κ2) is 9.77. The maximum atomic E-state index is 13.2. The maximum Gasteiger partial charge on any atom is 0.252 e. The number of aryl methyl sites for hydroxylation is 1. The van der Waals surface area contributed by atoms with Gasteiger partial charge in [0.2, 0.25) is 5.91 Å². The predicted molar refractivity (Wildman–Crippen MR) is 123 cm³/mol. The molecular weight excluding hydrogens is 390 g/mol. The minimum atomic E-state index is -0.562. The number of nitrogens with one attached hydrogen (secondary N) is 1. The summed E-state index contributed by atoms with van der Waals surface area (Å²) in [7, 11) is 0. The molecule has 0 spiro atoms. The smallest absolute Gasteiger partial charge is 0.252 e. The van der Waals surface area contributed by atoms with Gasteiger partial charge in [-0.2, -0.15) is 0 Å². The van der Waals surface area contributed by atoms with E-state index in [1.54, 1.807) is 13.0 Å². The summed E-state index contributed by atoms with van der Waals surface area (Å²) in [4.78, 5) is 41.5. The molecule has 1 fully saturated rings. The molecule has 1 heterocycles. The van der Waals surface area contributed by atoms with Gasteiger partial charge in [-0.1, -0.05) is 32.0 Å². The second-order valence-corrected chi connectivity index (χ2v) is 8.43. The number of amides is 2. The molecule has 164 valence electrons. The molecule has 6 heteroatoms. The molecule has 0 radical (unpaired) electrons. The summed E-state index contributed by atoms with van der Waals surface area (Å²) in [5.74, 6) is -0.218. The third kappa shape index (κ3) is 5.32. The zero-order valence-electron chi connectivity index (χ0n) is 18.7. The molecule has 0 bridgehead atoms. The number of Topliss-reactive ketones (excluding diaryl/α,β-unsaturated/α-hetero) is 1. The quantitative estimate of drug-likeness (QED) is 0.727. The Morgan fingerprint density at radius 1 is 0.903 bits per heavy atom. The molecule has 0 aliphatic carbocycles. The Labute approximate surface area is 184 Å². The van der Waals surface area contributed by atoms with Crippen LogP contribution in [0.5, 0.6) is 0 Å². The van der Waals surface area contributed by atoms with Crippen LogP contribution in [0.25, 0.3) is 0 Å². The normalized spacial score (nSPS) is 15.0. The van der Waals surface area contributed by atoms with Crippen molar-refractivity contribution in [3.8, 4) is 0 Å². The lowest BCUT2D eigenvalue weighted by Gasteiger charge is -2.38. The van der Waals surface area contributed by atoms with Crippen LogP contribution in [0.3, 0.4) is 0 Å². The van der Waals surface area contributed by atoms with Gasteiger partial charge in [-0.3, -0.25) is 14.4 Å². The molecule has 3 rings (SSSR count). The summed E-state index contributed by atoms with van der Waals surface area (Å²) < 4.78 is 0.